The van der Waals surface area contributed by atoms with E-state index in [1.165, 1.54) is 0 Å². The number of carboxylic acids is 1. The van der Waals surface area contributed by atoms with Gasteiger partial charge >= 0.3 is 5.97 Å². The van der Waals surface area contributed by atoms with Gasteiger partial charge in [-0.05, 0) is 18.9 Å². The highest BCUT2D eigenvalue weighted by Gasteiger charge is 2.31. The maximum absolute atomic E-state index is 11.2. The van der Waals surface area contributed by atoms with E-state index in [0.717, 1.165) is 6.42 Å². The number of hydrogen-bond acceptors (Lipinski definition) is 6. The van der Waals surface area contributed by atoms with Crippen LogP contribution >= 0.6 is 0 Å². The van der Waals surface area contributed by atoms with Gasteiger partial charge in [0.25, 0.3) is 0 Å². The summed E-state index contributed by atoms with van der Waals surface area (Å²) in [6.45, 7) is 0.645. The Morgan fingerprint density at radius 2 is 2.20 bits per heavy atom. The lowest BCUT2D eigenvalue weighted by Gasteiger charge is -2.22. The molecule has 3 rings (SSSR count). The van der Waals surface area contributed by atoms with Crippen molar-refractivity contribution < 1.29 is 9.90 Å². The zero-order chi connectivity index (χ0) is 14.1. The van der Waals surface area contributed by atoms with Gasteiger partial charge in [-0.15, -0.1) is 0 Å². The third kappa shape index (κ3) is 2.15. The van der Waals surface area contributed by atoms with E-state index in [9.17, 15) is 9.90 Å². The number of nitrogen functional groups attached to an aromatic ring is 1. The van der Waals surface area contributed by atoms with Crippen molar-refractivity contribution in [3.05, 3.63) is 24.5 Å². The van der Waals surface area contributed by atoms with Gasteiger partial charge in [0.05, 0.1) is 0 Å². The van der Waals surface area contributed by atoms with Gasteiger partial charge in [0.1, 0.15) is 11.9 Å². The average Bonchev–Trinajstić information content (AvgIpc) is 3.09. The van der Waals surface area contributed by atoms with Crippen molar-refractivity contribution in [2.75, 3.05) is 17.2 Å². The summed E-state index contributed by atoms with van der Waals surface area (Å²) in [4.78, 5) is 21.3. The highest BCUT2D eigenvalue weighted by molar-refractivity contribution is 5.78. The Hall–Kier alpha value is -2.64. The first-order valence-electron chi connectivity index (χ1n) is 6.29. The van der Waals surface area contributed by atoms with Gasteiger partial charge in [-0.25, -0.2) is 9.48 Å². The van der Waals surface area contributed by atoms with E-state index < -0.39 is 12.0 Å². The van der Waals surface area contributed by atoms with Crippen molar-refractivity contribution in [1.82, 2.24) is 19.7 Å². The largest absolute Gasteiger partial charge is 0.480 e. The molecule has 0 bridgehead atoms. The lowest BCUT2D eigenvalue weighted by atomic mass is 10.2. The normalized spacial score (nSPS) is 18.4. The minimum Gasteiger partial charge on any atom is -0.480 e. The number of nitrogens with zero attached hydrogens (tertiary/aromatic N) is 5. The molecular weight excluding hydrogens is 260 g/mol. The molecule has 1 unspecified atom stereocenters. The molecule has 0 amide bonds. The number of carboxylic acid groups (broad SMARTS) is 1. The summed E-state index contributed by atoms with van der Waals surface area (Å²) in [5, 5.41) is 13.3. The van der Waals surface area contributed by atoms with E-state index in [0.29, 0.717) is 24.6 Å². The van der Waals surface area contributed by atoms with Gasteiger partial charge in [-0.3, -0.25) is 0 Å². The zero-order valence-electron chi connectivity index (χ0n) is 10.7. The van der Waals surface area contributed by atoms with Crippen LogP contribution in [0, 0.1) is 0 Å². The first-order valence-corrected chi connectivity index (χ1v) is 6.29. The summed E-state index contributed by atoms with van der Waals surface area (Å²) in [7, 11) is 0. The Bertz CT molecular complexity index is 627. The molecule has 8 nitrogen and oxygen atoms in total. The fraction of sp³-hybridized carbons (Fsp3) is 0.333. The molecule has 1 aliphatic heterocycles. The van der Waals surface area contributed by atoms with E-state index in [1.54, 1.807) is 34.1 Å². The second-order valence-corrected chi connectivity index (χ2v) is 4.58. The van der Waals surface area contributed by atoms with E-state index in [1.807, 2.05) is 0 Å². The van der Waals surface area contributed by atoms with Crippen molar-refractivity contribution in [3.8, 4) is 5.82 Å². The molecule has 1 atom stereocenters. The number of anilines is 2. The van der Waals surface area contributed by atoms with Gasteiger partial charge in [-0.1, -0.05) is 0 Å². The molecule has 0 radical (unpaired) electrons. The summed E-state index contributed by atoms with van der Waals surface area (Å²) in [5.74, 6) is 0.297. The lowest BCUT2D eigenvalue weighted by Crippen LogP contribution is -2.36. The number of aromatic nitrogens is 4. The van der Waals surface area contributed by atoms with E-state index >= 15 is 0 Å². The minimum absolute atomic E-state index is 0.101. The number of hydrogen-bond donors (Lipinski definition) is 2. The highest BCUT2D eigenvalue weighted by atomic mass is 16.4. The maximum atomic E-state index is 11.2. The molecule has 1 saturated heterocycles. The van der Waals surface area contributed by atoms with Crippen molar-refractivity contribution >= 4 is 17.7 Å². The van der Waals surface area contributed by atoms with Crippen molar-refractivity contribution in [3.63, 3.8) is 0 Å². The molecule has 20 heavy (non-hydrogen) atoms. The van der Waals surface area contributed by atoms with Crippen LogP contribution < -0.4 is 10.6 Å². The molecule has 8 heteroatoms. The highest BCUT2D eigenvalue weighted by Crippen LogP contribution is 2.25. The average molecular weight is 274 g/mol. The topological polar surface area (TPSA) is 110 Å². The third-order valence-electron chi connectivity index (χ3n) is 3.29. The van der Waals surface area contributed by atoms with E-state index in [-0.39, 0.29) is 5.95 Å². The van der Waals surface area contributed by atoms with E-state index in [2.05, 4.69) is 15.1 Å². The smallest absolute Gasteiger partial charge is 0.326 e. The van der Waals surface area contributed by atoms with Gasteiger partial charge in [0.15, 0.2) is 5.82 Å². The monoisotopic (exact) mass is 274 g/mol. The second-order valence-electron chi connectivity index (χ2n) is 4.58. The molecule has 0 saturated carbocycles. The van der Waals surface area contributed by atoms with Crippen LogP contribution in [0.5, 0.6) is 0 Å². The quantitative estimate of drug-likeness (QED) is 0.828. The predicted octanol–water partition coefficient (Wildman–Crippen LogP) is 0.298. The molecule has 2 aromatic heterocycles. The minimum atomic E-state index is -0.847. The van der Waals surface area contributed by atoms with Crippen molar-refractivity contribution in [2.24, 2.45) is 0 Å². The molecule has 104 valence electrons. The molecule has 3 N–H and O–H groups in total. The van der Waals surface area contributed by atoms with Gasteiger partial charge in [0, 0.05) is 25.0 Å². The summed E-state index contributed by atoms with van der Waals surface area (Å²) in [5.41, 5.74) is 5.72. The zero-order valence-corrected chi connectivity index (χ0v) is 10.7. The molecule has 0 aromatic carbocycles. The second kappa shape index (κ2) is 4.80. The van der Waals surface area contributed by atoms with Crippen molar-refractivity contribution in [1.29, 1.82) is 0 Å². The third-order valence-corrected chi connectivity index (χ3v) is 3.29. The lowest BCUT2D eigenvalue weighted by molar-refractivity contribution is -0.138. The van der Waals surface area contributed by atoms with Crippen LogP contribution in [0.25, 0.3) is 5.82 Å². The Morgan fingerprint density at radius 3 is 2.90 bits per heavy atom. The number of rotatable bonds is 3. The number of nitrogens with two attached hydrogens (primary N) is 1. The van der Waals surface area contributed by atoms with Crippen LogP contribution in [0.15, 0.2) is 24.5 Å². The molecular formula is C12H14N6O2. The summed E-state index contributed by atoms with van der Waals surface area (Å²) >= 11 is 0. The van der Waals surface area contributed by atoms with Gasteiger partial charge in [-0.2, -0.15) is 15.1 Å². The van der Waals surface area contributed by atoms with Gasteiger partial charge in [0.2, 0.25) is 5.95 Å². The number of carbonyl (C=O) groups is 1. The van der Waals surface area contributed by atoms with Crippen LogP contribution in [-0.4, -0.2) is 43.4 Å². The Morgan fingerprint density at radius 1 is 1.40 bits per heavy atom. The van der Waals surface area contributed by atoms with Crippen LogP contribution in [0.2, 0.25) is 0 Å². The fourth-order valence-electron chi connectivity index (χ4n) is 2.41. The molecule has 1 aliphatic rings. The maximum Gasteiger partial charge on any atom is 0.326 e. The van der Waals surface area contributed by atoms with Crippen molar-refractivity contribution in [2.45, 2.75) is 18.9 Å². The molecule has 0 spiro atoms. The molecule has 3 heterocycles. The van der Waals surface area contributed by atoms with Crippen LogP contribution in [0.4, 0.5) is 11.8 Å². The van der Waals surface area contributed by atoms with Crippen LogP contribution in [0.1, 0.15) is 12.8 Å². The molecule has 2 aromatic rings. The van der Waals surface area contributed by atoms with E-state index in [4.69, 9.17) is 5.73 Å². The Kier molecular flexibility index (Phi) is 2.97. The first-order chi connectivity index (χ1) is 9.65. The molecule has 1 fully saturated rings. The summed E-state index contributed by atoms with van der Waals surface area (Å²) < 4.78 is 1.56. The SMILES string of the molecule is Nc1nc(N2CCCC2C(=O)O)cc(-n2cccn2)n1. The van der Waals surface area contributed by atoms with Crippen LogP contribution in [-0.2, 0) is 4.79 Å². The molecule has 0 aliphatic carbocycles. The van der Waals surface area contributed by atoms with Crippen LogP contribution in [0.3, 0.4) is 0 Å². The Balaban J connectivity index is 2.00. The first kappa shape index (κ1) is 12.4. The number of aliphatic carboxylic acids is 1. The summed E-state index contributed by atoms with van der Waals surface area (Å²) in [6.07, 6.45) is 4.80. The fourth-order valence-corrected chi connectivity index (χ4v) is 2.41. The van der Waals surface area contributed by atoms with Gasteiger partial charge < -0.3 is 15.7 Å². The predicted molar refractivity (Wildman–Crippen MR) is 71.6 cm³/mol. The standard InChI is InChI=1S/C12H14N6O2/c13-12-15-9(17-5-1-3-8(17)11(19)20)7-10(16-12)18-6-2-4-14-18/h2,4,6-8H,1,3,5H2,(H,19,20)(H2,13,15,16). The Labute approximate surface area is 114 Å². The summed E-state index contributed by atoms with van der Waals surface area (Å²) in [6, 6.07) is 2.91.